The second-order valence-electron chi connectivity index (χ2n) is 5.68. The Morgan fingerprint density at radius 1 is 1.25 bits per heavy atom. The second kappa shape index (κ2) is 5.80. The summed E-state index contributed by atoms with van der Waals surface area (Å²) in [7, 11) is 0. The molecule has 106 valence electrons. The number of aromatic nitrogens is 1. The van der Waals surface area contributed by atoms with Crippen LogP contribution in [0.2, 0.25) is 0 Å². The molecule has 0 atom stereocenters. The van der Waals surface area contributed by atoms with Crippen molar-refractivity contribution in [3.63, 3.8) is 0 Å². The van der Waals surface area contributed by atoms with Crippen molar-refractivity contribution in [2.24, 2.45) is 0 Å². The molecule has 1 fully saturated rings. The molecule has 1 aliphatic carbocycles. The van der Waals surface area contributed by atoms with Gasteiger partial charge in [0, 0.05) is 18.0 Å². The Hall–Kier alpha value is -1.61. The molecule has 0 aliphatic heterocycles. The fourth-order valence-corrected chi connectivity index (χ4v) is 3.29. The zero-order valence-electron chi connectivity index (χ0n) is 12.0. The first-order valence-corrected chi connectivity index (χ1v) is 7.53. The Kier molecular flexibility index (Phi) is 3.88. The normalized spacial score (nSPS) is 15.9. The predicted octanol–water partition coefficient (Wildman–Crippen LogP) is 3.28. The Morgan fingerprint density at radius 3 is 2.75 bits per heavy atom. The molecule has 0 bridgehead atoms. The summed E-state index contributed by atoms with van der Waals surface area (Å²) in [5, 5.41) is 10.6. The lowest BCUT2D eigenvalue weighted by Gasteiger charge is -2.31. The van der Waals surface area contributed by atoms with E-state index in [2.05, 4.69) is 30.0 Å². The number of nitrogens with zero attached hydrogens (tertiary/aromatic N) is 2. The number of benzene rings is 1. The van der Waals surface area contributed by atoms with Gasteiger partial charge < -0.3 is 10.0 Å². The fraction of sp³-hybridized carbons (Fsp3) is 0.471. The quantitative estimate of drug-likeness (QED) is 0.926. The minimum absolute atomic E-state index is 0.185. The van der Waals surface area contributed by atoms with Crippen LogP contribution in [0, 0.1) is 6.92 Å². The number of aryl methyl sites for hydroxylation is 1. The number of rotatable bonds is 4. The van der Waals surface area contributed by atoms with E-state index in [0.717, 1.165) is 11.3 Å². The summed E-state index contributed by atoms with van der Waals surface area (Å²) in [5.41, 5.74) is 2.23. The third-order valence-electron chi connectivity index (χ3n) is 4.27. The molecule has 1 aliphatic rings. The van der Waals surface area contributed by atoms with E-state index < -0.39 is 0 Å². The van der Waals surface area contributed by atoms with Crippen LogP contribution in [0.15, 0.2) is 30.3 Å². The summed E-state index contributed by atoms with van der Waals surface area (Å²) in [5.74, 6) is 1.05. The summed E-state index contributed by atoms with van der Waals surface area (Å²) in [6.07, 6.45) is 5.01. The van der Waals surface area contributed by atoms with Crippen molar-refractivity contribution in [3.8, 4) is 0 Å². The van der Waals surface area contributed by atoms with Crippen molar-refractivity contribution in [1.29, 1.82) is 0 Å². The van der Waals surface area contributed by atoms with E-state index in [0.29, 0.717) is 12.6 Å². The van der Waals surface area contributed by atoms with Crippen LogP contribution in [0.25, 0.3) is 10.9 Å². The molecule has 3 heteroatoms. The van der Waals surface area contributed by atoms with Crippen molar-refractivity contribution in [2.75, 3.05) is 18.1 Å². The average Bonchev–Trinajstić information content (AvgIpc) is 2.98. The van der Waals surface area contributed by atoms with Gasteiger partial charge in [-0.3, -0.25) is 0 Å². The molecule has 0 amide bonds. The minimum atomic E-state index is 0.185. The number of anilines is 1. The zero-order chi connectivity index (χ0) is 13.9. The fourth-order valence-electron chi connectivity index (χ4n) is 3.29. The SMILES string of the molecule is Cc1cc2ccccc2nc1N(CCO)C1CCCC1. The molecule has 0 radical (unpaired) electrons. The lowest BCUT2D eigenvalue weighted by molar-refractivity contribution is 0.297. The first kappa shape index (κ1) is 13.4. The highest BCUT2D eigenvalue weighted by molar-refractivity contribution is 5.81. The van der Waals surface area contributed by atoms with Gasteiger partial charge in [0.25, 0.3) is 0 Å². The van der Waals surface area contributed by atoms with E-state index in [4.69, 9.17) is 4.98 Å². The Bertz CT molecular complexity index is 591. The van der Waals surface area contributed by atoms with Crippen LogP contribution in [0.5, 0.6) is 0 Å². The van der Waals surface area contributed by atoms with Gasteiger partial charge in [-0.25, -0.2) is 4.98 Å². The molecule has 3 rings (SSSR count). The lowest BCUT2D eigenvalue weighted by atomic mass is 10.1. The molecular weight excluding hydrogens is 248 g/mol. The van der Waals surface area contributed by atoms with E-state index >= 15 is 0 Å². The van der Waals surface area contributed by atoms with Gasteiger partial charge in [0.2, 0.25) is 0 Å². The van der Waals surface area contributed by atoms with Gasteiger partial charge in [-0.05, 0) is 37.5 Å². The highest BCUT2D eigenvalue weighted by Crippen LogP contribution is 2.30. The molecule has 2 aromatic rings. The van der Waals surface area contributed by atoms with Crippen LogP contribution in [-0.4, -0.2) is 29.3 Å². The van der Waals surface area contributed by atoms with E-state index in [1.54, 1.807) is 0 Å². The Labute approximate surface area is 120 Å². The van der Waals surface area contributed by atoms with Crippen molar-refractivity contribution in [2.45, 2.75) is 38.6 Å². The highest BCUT2D eigenvalue weighted by atomic mass is 16.3. The second-order valence-corrected chi connectivity index (χ2v) is 5.68. The van der Waals surface area contributed by atoms with Gasteiger partial charge in [-0.15, -0.1) is 0 Å². The van der Waals surface area contributed by atoms with Crippen molar-refractivity contribution in [1.82, 2.24) is 4.98 Å². The maximum Gasteiger partial charge on any atom is 0.132 e. The predicted molar refractivity (Wildman–Crippen MR) is 83.2 cm³/mol. The molecule has 0 saturated heterocycles. The van der Waals surface area contributed by atoms with E-state index in [1.807, 2.05) is 12.1 Å². The largest absolute Gasteiger partial charge is 0.395 e. The van der Waals surface area contributed by atoms with E-state index in [-0.39, 0.29) is 6.61 Å². The van der Waals surface area contributed by atoms with E-state index in [1.165, 1.54) is 36.6 Å². The first-order chi connectivity index (χ1) is 9.79. The minimum Gasteiger partial charge on any atom is -0.395 e. The maximum absolute atomic E-state index is 9.39. The van der Waals surface area contributed by atoms with Crippen molar-refractivity contribution < 1.29 is 5.11 Å². The lowest BCUT2D eigenvalue weighted by Crippen LogP contribution is -2.36. The van der Waals surface area contributed by atoms with Crippen LogP contribution in [0.4, 0.5) is 5.82 Å². The molecule has 3 nitrogen and oxygen atoms in total. The molecule has 20 heavy (non-hydrogen) atoms. The molecule has 1 heterocycles. The summed E-state index contributed by atoms with van der Waals surface area (Å²) < 4.78 is 0. The third-order valence-corrected chi connectivity index (χ3v) is 4.27. The monoisotopic (exact) mass is 270 g/mol. The first-order valence-electron chi connectivity index (χ1n) is 7.53. The molecule has 1 aromatic carbocycles. The molecule has 0 spiro atoms. The van der Waals surface area contributed by atoms with Gasteiger partial charge in [-0.1, -0.05) is 31.0 Å². The third kappa shape index (κ3) is 2.50. The van der Waals surface area contributed by atoms with Crippen LogP contribution in [0.1, 0.15) is 31.2 Å². The zero-order valence-corrected chi connectivity index (χ0v) is 12.0. The summed E-state index contributed by atoms with van der Waals surface area (Å²) in [6, 6.07) is 11.0. The summed E-state index contributed by atoms with van der Waals surface area (Å²) in [6.45, 7) is 2.98. The summed E-state index contributed by atoms with van der Waals surface area (Å²) >= 11 is 0. The molecule has 1 saturated carbocycles. The standard InChI is InChI=1S/C17H22N2O/c1-13-12-14-6-2-5-9-16(14)18-17(13)19(10-11-20)15-7-3-4-8-15/h2,5-6,9,12,15,20H,3-4,7-8,10-11H2,1H3. The van der Waals surface area contributed by atoms with Gasteiger partial charge in [0.15, 0.2) is 0 Å². The highest BCUT2D eigenvalue weighted by Gasteiger charge is 2.24. The number of aliphatic hydroxyl groups is 1. The maximum atomic E-state index is 9.39. The number of para-hydroxylation sites is 1. The molecular formula is C17H22N2O. The van der Waals surface area contributed by atoms with Crippen molar-refractivity contribution >= 4 is 16.7 Å². The van der Waals surface area contributed by atoms with Crippen LogP contribution in [-0.2, 0) is 0 Å². The molecule has 0 unspecified atom stereocenters. The van der Waals surface area contributed by atoms with Gasteiger partial charge in [0.05, 0.1) is 12.1 Å². The van der Waals surface area contributed by atoms with Gasteiger partial charge in [-0.2, -0.15) is 0 Å². The number of fused-ring (bicyclic) bond motifs is 1. The number of aliphatic hydroxyl groups excluding tert-OH is 1. The Balaban J connectivity index is 2.02. The van der Waals surface area contributed by atoms with Crippen LogP contribution >= 0.6 is 0 Å². The average molecular weight is 270 g/mol. The van der Waals surface area contributed by atoms with Gasteiger partial charge in [0.1, 0.15) is 5.82 Å². The Morgan fingerprint density at radius 2 is 2.00 bits per heavy atom. The van der Waals surface area contributed by atoms with Gasteiger partial charge >= 0.3 is 0 Å². The van der Waals surface area contributed by atoms with E-state index in [9.17, 15) is 5.11 Å². The summed E-state index contributed by atoms with van der Waals surface area (Å²) in [4.78, 5) is 7.17. The van der Waals surface area contributed by atoms with Crippen LogP contribution in [0.3, 0.4) is 0 Å². The van der Waals surface area contributed by atoms with Crippen LogP contribution < -0.4 is 4.90 Å². The molecule has 1 N–H and O–H groups in total. The van der Waals surface area contributed by atoms with Crippen molar-refractivity contribution in [3.05, 3.63) is 35.9 Å². The number of pyridine rings is 1. The molecule has 1 aromatic heterocycles. The smallest absolute Gasteiger partial charge is 0.132 e. The number of hydrogen-bond donors (Lipinski definition) is 1. The topological polar surface area (TPSA) is 36.4 Å². The number of hydrogen-bond acceptors (Lipinski definition) is 3.